The van der Waals surface area contributed by atoms with Crippen molar-refractivity contribution >= 4 is 27.6 Å². The first-order valence-electron chi connectivity index (χ1n) is 4.00. The Hall–Kier alpha value is -1.23. The third-order valence-corrected chi connectivity index (χ3v) is 2.32. The van der Waals surface area contributed by atoms with Gasteiger partial charge >= 0.3 is 0 Å². The lowest BCUT2D eigenvalue weighted by atomic mass is 10.3. The van der Waals surface area contributed by atoms with Gasteiger partial charge in [-0.2, -0.15) is 0 Å². The fourth-order valence-corrected chi connectivity index (χ4v) is 1.35. The molecule has 0 aliphatic rings. The molecule has 0 saturated carbocycles. The topological polar surface area (TPSA) is 59.6 Å². The second-order valence-electron chi connectivity index (χ2n) is 2.58. The highest BCUT2D eigenvalue weighted by atomic mass is 79.9. The molecule has 1 aromatic carbocycles. The number of nitrogens with zero attached hydrogens (tertiary/aromatic N) is 1. The van der Waals surface area contributed by atoms with Crippen LogP contribution in [-0.2, 0) is 0 Å². The van der Waals surface area contributed by atoms with Gasteiger partial charge in [-0.15, -0.1) is 0 Å². The third-order valence-electron chi connectivity index (χ3n) is 1.66. The minimum atomic E-state index is 0.370. The van der Waals surface area contributed by atoms with E-state index < -0.39 is 0 Å². The molecule has 3 N–H and O–H groups in total. The zero-order valence-corrected chi connectivity index (χ0v) is 9.63. The molecule has 0 aromatic heterocycles. The van der Waals surface area contributed by atoms with Gasteiger partial charge in [-0.1, -0.05) is 0 Å². The molecule has 76 valence electrons. The van der Waals surface area contributed by atoms with Gasteiger partial charge < -0.3 is 15.8 Å². The average Bonchev–Trinajstić information content (AvgIpc) is 2.20. The van der Waals surface area contributed by atoms with E-state index in [1.165, 1.54) is 0 Å². The molecule has 0 spiro atoms. The Bertz CT molecular complexity index is 352. The van der Waals surface area contributed by atoms with Crippen molar-refractivity contribution in [2.24, 2.45) is 10.7 Å². The molecule has 0 fully saturated rings. The summed E-state index contributed by atoms with van der Waals surface area (Å²) in [6, 6.07) is 5.59. The van der Waals surface area contributed by atoms with Gasteiger partial charge in [0.25, 0.3) is 0 Å². The molecule has 0 heterocycles. The second-order valence-corrected chi connectivity index (χ2v) is 3.44. The Kier molecular flexibility index (Phi) is 3.76. The van der Waals surface area contributed by atoms with E-state index in [9.17, 15) is 0 Å². The molecule has 0 atom stereocenters. The summed E-state index contributed by atoms with van der Waals surface area (Å²) in [4.78, 5) is 3.79. The van der Waals surface area contributed by atoms with Gasteiger partial charge in [-0.05, 0) is 28.1 Å². The summed E-state index contributed by atoms with van der Waals surface area (Å²) >= 11 is 3.36. The molecular formula is C9H12BrN3O. The van der Waals surface area contributed by atoms with Crippen molar-refractivity contribution < 1.29 is 4.74 Å². The van der Waals surface area contributed by atoms with Gasteiger partial charge in [0.05, 0.1) is 11.6 Å². The number of rotatable bonds is 2. The fourth-order valence-electron chi connectivity index (χ4n) is 0.941. The van der Waals surface area contributed by atoms with Crippen LogP contribution in [-0.4, -0.2) is 20.1 Å². The minimum absolute atomic E-state index is 0.370. The summed E-state index contributed by atoms with van der Waals surface area (Å²) in [7, 11) is 3.24. The van der Waals surface area contributed by atoms with Crippen LogP contribution in [0.3, 0.4) is 0 Å². The summed E-state index contributed by atoms with van der Waals surface area (Å²) in [5.74, 6) is 1.12. The maximum atomic E-state index is 5.52. The standard InChI is InChI=1S/C9H12BrN3O/c1-12-9(11)13-6-3-4-7(10)8(5-6)14-2/h3-5H,1-2H3,(H3,11,12,13). The summed E-state index contributed by atoms with van der Waals surface area (Å²) in [5.41, 5.74) is 6.36. The summed E-state index contributed by atoms with van der Waals surface area (Å²) < 4.78 is 6.03. The maximum absolute atomic E-state index is 5.52. The van der Waals surface area contributed by atoms with Crippen LogP contribution in [0.15, 0.2) is 27.7 Å². The number of nitrogens with two attached hydrogens (primary N) is 1. The second kappa shape index (κ2) is 4.85. The molecule has 5 heteroatoms. The molecule has 0 bridgehead atoms. The van der Waals surface area contributed by atoms with E-state index in [0.717, 1.165) is 15.9 Å². The first kappa shape index (κ1) is 10.8. The molecule has 14 heavy (non-hydrogen) atoms. The van der Waals surface area contributed by atoms with Crippen LogP contribution in [0.2, 0.25) is 0 Å². The molecule has 1 aromatic rings. The summed E-state index contributed by atoms with van der Waals surface area (Å²) in [5, 5.41) is 2.92. The van der Waals surface area contributed by atoms with Crippen molar-refractivity contribution in [2.75, 3.05) is 19.5 Å². The van der Waals surface area contributed by atoms with Gasteiger partial charge in [-0.3, -0.25) is 4.99 Å². The number of guanidine groups is 1. The quantitative estimate of drug-likeness (QED) is 0.628. The zero-order chi connectivity index (χ0) is 10.6. The Morgan fingerprint density at radius 3 is 2.86 bits per heavy atom. The number of hydrogen-bond acceptors (Lipinski definition) is 2. The summed E-state index contributed by atoms with van der Waals surface area (Å²) in [6.07, 6.45) is 0. The lowest BCUT2D eigenvalue weighted by molar-refractivity contribution is 0.412. The molecule has 0 radical (unpaired) electrons. The van der Waals surface area contributed by atoms with Gasteiger partial charge in [0.15, 0.2) is 5.96 Å². The van der Waals surface area contributed by atoms with Crippen LogP contribution in [0.4, 0.5) is 5.69 Å². The summed E-state index contributed by atoms with van der Waals surface area (Å²) in [6.45, 7) is 0. The van der Waals surface area contributed by atoms with Crippen molar-refractivity contribution in [1.82, 2.24) is 0 Å². The van der Waals surface area contributed by atoms with Gasteiger partial charge in [-0.25, -0.2) is 0 Å². The largest absolute Gasteiger partial charge is 0.495 e. The SMILES string of the molecule is CN=C(N)Nc1ccc(Br)c(OC)c1. The monoisotopic (exact) mass is 257 g/mol. The number of methoxy groups -OCH3 is 1. The number of anilines is 1. The molecule has 0 unspecified atom stereocenters. The number of hydrogen-bond donors (Lipinski definition) is 2. The highest BCUT2D eigenvalue weighted by molar-refractivity contribution is 9.10. The Labute approximate surface area is 91.3 Å². The highest BCUT2D eigenvalue weighted by Crippen LogP contribution is 2.27. The lowest BCUT2D eigenvalue weighted by Gasteiger charge is -2.08. The van der Waals surface area contributed by atoms with Crippen molar-refractivity contribution in [3.05, 3.63) is 22.7 Å². The molecule has 1 rings (SSSR count). The molecule has 0 aliphatic carbocycles. The highest BCUT2D eigenvalue weighted by Gasteiger charge is 2.01. The number of halogens is 1. The smallest absolute Gasteiger partial charge is 0.192 e. The van der Waals surface area contributed by atoms with Gasteiger partial charge in [0.1, 0.15) is 5.75 Å². The predicted octanol–water partition coefficient (Wildman–Crippen LogP) is 1.81. The molecule has 4 nitrogen and oxygen atoms in total. The minimum Gasteiger partial charge on any atom is -0.495 e. The van der Waals surface area contributed by atoms with E-state index >= 15 is 0 Å². The zero-order valence-electron chi connectivity index (χ0n) is 8.04. The van der Waals surface area contributed by atoms with Crippen molar-refractivity contribution in [2.45, 2.75) is 0 Å². The van der Waals surface area contributed by atoms with Crippen LogP contribution in [0.25, 0.3) is 0 Å². The van der Waals surface area contributed by atoms with E-state index in [2.05, 4.69) is 26.2 Å². The van der Waals surface area contributed by atoms with E-state index in [1.807, 2.05) is 18.2 Å². The van der Waals surface area contributed by atoms with Crippen molar-refractivity contribution in [3.63, 3.8) is 0 Å². The van der Waals surface area contributed by atoms with E-state index in [-0.39, 0.29) is 0 Å². The Balaban J connectivity index is 2.90. The van der Waals surface area contributed by atoms with E-state index in [0.29, 0.717) is 5.96 Å². The van der Waals surface area contributed by atoms with Crippen LogP contribution in [0.5, 0.6) is 5.75 Å². The van der Waals surface area contributed by atoms with E-state index in [4.69, 9.17) is 10.5 Å². The van der Waals surface area contributed by atoms with Crippen LogP contribution in [0.1, 0.15) is 0 Å². The van der Waals surface area contributed by atoms with Crippen LogP contribution >= 0.6 is 15.9 Å². The number of nitrogens with one attached hydrogen (secondary N) is 1. The lowest BCUT2D eigenvalue weighted by Crippen LogP contribution is -2.21. The number of ether oxygens (including phenoxy) is 1. The van der Waals surface area contributed by atoms with Crippen molar-refractivity contribution in [3.8, 4) is 5.75 Å². The number of aliphatic imine (C=N–C) groups is 1. The molecule has 0 amide bonds. The maximum Gasteiger partial charge on any atom is 0.192 e. The predicted molar refractivity (Wildman–Crippen MR) is 61.9 cm³/mol. The Morgan fingerprint density at radius 2 is 2.29 bits per heavy atom. The molecule has 0 saturated heterocycles. The van der Waals surface area contributed by atoms with Crippen molar-refractivity contribution in [1.29, 1.82) is 0 Å². The van der Waals surface area contributed by atoms with Crippen LogP contribution in [0, 0.1) is 0 Å². The molecular weight excluding hydrogens is 246 g/mol. The fraction of sp³-hybridized carbons (Fsp3) is 0.222. The number of benzene rings is 1. The van der Waals surface area contributed by atoms with Gasteiger partial charge in [0, 0.05) is 18.8 Å². The Morgan fingerprint density at radius 1 is 1.57 bits per heavy atom. The first-order chi connectivity index (χ1) is 6.67. The third kappa shape index (κ3) is 2.63. The average molecular weight is 258 g/mol. The van der Waals surface area contributed by atoms with Gasteiger partial charge in [0.2, 0.25) is 0 Å². The first-order valence-corrected chi connectivity index (χ1v) is 4.79. The molecule has 0 aliphatic heterocycles. The normalized spacial score (nSPS) is 11.2. The van der Waals surface area contributed by atoms with E-state index in [1.54, 1.807) is 14.2 Å². The van der Waals surface area contributed by atoms with Crippen LogP contribution < -0.4 is 15.8 Å².